The fraction of sp³-hybridized carbons (Fsp3) is 0.235. The first kappa shape index (κ1) is 20.2. The van der Waals surface area contributed by atoms with Gasteiger partial charge >= 0.3 is 0 Å². The van der Waals surface area contributed by atoms with Crippen LogP contribution in [-0.2, 0) is 21.2 Å². The monoisotopic (exact) mass is 399 g/mol. The Morgan fingerprint density at radius 2 is 1.81 bits per heavy atom. The van der Waals surface area contributed by atoms with Crippen molar-refractivity contribution in [3.05, 3.63) is 58.9 Å². The van der Waals surface area contributed by atoms with Gasteiger partial charge in [-0.15, -0.1) is 0 Å². The molecule has 2 aromatic carbocycles. The molecule has 0 heterocycles. The molecule has 26 heavy (non-hydrogen) atoms. The number of benzene rings is 2. The molecule has 2 aromatic rings. The lowest BCUT2D eigenvalue weighted by atomic mass is 10.1. The number of sulfonamides is 1. The number of halogens is 2. The zero-order valence-electron chi connectivity index (χ0n) is 13.8. The average molecular weight is 400 g/mol. The van der Waals surface area contributed by atoms with Crippen LogP contribution in [0.4, 0.5) is 10.1 Å². The van der Waals surface area contributed by atoms with Crippen LogP contribution in [0.25, 0.3) is 0 Å². The first-order valence-corrected chi connectivity index (χ1v) is 9.75. The highest BCUT2D eigenvalue weighted by Gasteiger charge is 2.07. The number of primary sulfonamides is 1. The quantitative estimate of drug-likeness (QED) is 0.633. The molecule has 9 heteroatoms. The van der Waals surface area contributed by atoms with Crippen LogP contribution in [0.5, 0.6) is 0 Å². The second kappa shape index (κ2) is 8.98. The van der Waals surface area contributed by atoms with Crippen LogP contribution < -0.4 is 15.8 Å². The topological polar surface area (TPSA) is 101 Å². The van der Waals surface area contributed by atoms with E-state index in [1.54, 1.807) is 18.2 Å². The SMILES string of the molecule is NS(=O)(=O)c1ccc(CCNC(=O)CCNc2ccc(F)c(Cl)c2)cc1. The van der Waals surface area contributed by atoms with Crippen LogP contribution in [0, 0.1) is 5.82 Å². The lowest BCUT2D eigenvalue weighted by Gasteiger charge is -2.08. The van der Waals surface area contributed by atoms with Crippen molar-refractivity contribution in [2.24, 2.45) is 5.14 Å². The molecule has 6 nitrogen and oxygen atoms in total. The fourth-order valence-corrected chi connectivity index (χ4v) is 2.90. The molecule has 0 saturated carbocycles. The molecule has 4 N–H and O–H groups in total. The van der Waals surface area contributed by atoms with Crippen molar-refractivity contribution in [3.63, 3.8) is 0 Å². The molecular formula is C17H19ClFN3O3S. The van der Waals surface area contributed by atoms with Crippen molar-refractivity contribution in [1.82, 2.24) is 5.32 Å². The molecule has 1 amide bonds. The normalized spacial score (nSPS) is 11.2. The van der Waals surface area contributed by atoms with Gasteiger partial charge < -0.3 is 10.6 Å². The van der Waals surface area contributed by atoms with Gasteiger partial charge in [0.2, 0.25) is 15.9 Å². The van der Waals surface area contributed by atoms with Crippen molar-refractivity contribution in [3.8, 4) is 0 Å². The summed E-state index contributed by atoms with van der Waals surface area (Å²) in [5.41, 5.74) is 1.52. The number of anilines is 1. The predicted molar refractivity (Wildman–Crippen MR) is 99.0 cm³/mol. The number of carbonyl (C=O) groups excluding carboxylic acids is 1. The van der Waals surface area contributed by atoms with Gasteiger partial charge in [-0.2, -0.15) is 0 Å². The first-order valence-electron chi connectivity index (χ1n) is 7.83. The molecule has 0 spiro atoms. The van der Waals surface area contributed by atoms with Crippen molar-refractivity contribution in [2.45, 2.75) is 17.7 Å². The Bertz CT molecular complexity index is 873. The molecule has 0 aliphatic carbocycles. The number of carbonyl (C=O) groups is 1. The zero-order valence-corrected chi connectivity index (χ0v) is 15.4. The Labute approximate surface area is 156 Å². The molecule has 0 unspecified atom stereocenters. The predicted octanol–water partition coefficient (Wildman–Crippen LogP) is 2.29. The Morgan fingerprint density at radius 1 is 1.12 bits per heavy atom. The van der Waals surface area contributed by atoms with Gasteiger partial charge in [0.15, 0.2) is 0 Å². The molecule has 0 aliphatic rings. The molecule has 0 radical (unpaired) electrons. The maximum absolute atomic E-state index is 13.0. The van der Waals surface area contributed by atoms with Crippen LogP contribution in [0.2, 0.25) is 5.02 Å². The van der Waals surface area contributed by atoms with Gasteiger partial charge in [-0.3, -0.25) is 4.79 Å². The number of rotatable bonds is 8. The highest BCUT2D eigenvalue weighted by atomic mass is 35.5. The third-order valence-corrected chi connectivity index (χ3v) is 4.81. The third-order valence-electron chi connectivity index (χ3n) is 3.59. The largest absolute Gasteiger partial charge is 0.384 e. The van der Waals surface area contributed by atoms with Crippen molar-refractivity contribution < 1.29 is 17.6 Å². The van der Waals surface area contributed by atoms with E-state index in [0.29, 0.717) is 25.2 Å². The molecule has 0 atom stereocenters. The minimum Gasteiger partial charge on any atom is -0.384 e. The van der Waals surface area contributed by atoms with Gasteiger partial charge in [-0.25, -0.2) is 17.9 Å². The summed E-state index contributed by atoms with van der Waals surface area (Å²) < 4.78 is 35.4. The van der Waals surface area contributed by atoms with Crippen LogP contribution >= 0.6 is 11.6 Å². The van der Waals surface area contributed by atoms with E-state index in [-0.39, 0.29) is 22.2 Å². The highest BCUT2D eigenvalue weighted by Crippen LogP contribution is 2.19. The Hall–Kier alpha value is -2.16. The summed E-state index contributed by atoms with van der Waals surface area (Å²) >= 11 is 5.68. The minimum atomic E-state index is -3.70. The molecule has 0 saturated heterocycles. The Balaban J connectivity index is 1.69. The molecular weight excluding hydrogens is 381 g/mol. The first-order chi connectivity index (χ1) is 12.3. The van der Waals surface area contributed by atoms with Crippen molar-refractivity contribution in [2.75, 3.05) is 18.4 Å². The summed E-state index contributed by atoms with van der Waals surface area (Å²) in [5, 5.41) is 10.8. The van der Waals surface area contributed by atoms with E-state index in [4.69, 9.17) is 16.7 Å². The van der Waals surface area contributed by atoms with E-state index in [2.05, 4.69) is 10.6 Å². The number of hydrogen-bond acceptors (Lipinski definition) is 4. The van der Waals surface area contributed by atoms with Crippen molar-refractivity contribution in [1.29, 1.82) is 0 Å². The summed E-state index contributed by atoms with van der Waals surface area (Å²) in [5.74, 6) is -0.626. The Kier molecular flexibility index (Phi) is 6.96. The van der Waals surface area contributed by atoms with Gasteiger partial charge in [-0.05, 0) is 42.3 Å². The van der Waals surface area contributed by atoms with Gasteiger partial charge in [-0.1, -0.05) is 23.7 Å². The molecule has 140 valence electrons. The molecule has 0 fully saturated rings. The van der Waals surface area contributed by atoms with Crippen LogP contribution in [0.1, 0.15) is 12.0 Å². The van der Waals surface area contributed by atoms with Gasteiger partial charge in [0.05, 0.1) is 9.92 Å². The van der Waals surface area contributed by atoms with Crippen LogP contribution in [0.3, 0.4) is 0 Å². The summed E-state index contributed by atoms with van der Waals surface area (Å²) in [4.78, 5) is 11.9. The summed E-state index contributed by atoms with van der Waals surface area (Å²) in [6.45, 7) is 0.812. The number of nitrogens with one attached hydrogen (secondary N) is 2. The average Bonchev–Trinajstić information content (AvgIpc) is 2.58. The maximum atomic E-state index is 13.0. The van der Waals surface area contributed by atoms with E-state index in [1.165, 1.54) is 24.3 Å². The summed E-state index contributed by atoms with van der Waals surface area (Å²) in [6, 6.07) is 10.4. The highest BCUT2D eigenvalue weighted by molar-refractivity contribution is 7.89. The van der Waals surface area contributed by atoms with Gasteiger partial charge in [0.1, 0.15) is 5.82 Å². The molecule has 2 rings (SSSR count). The van der Waals surface area contributed by atoms with Gasteiger partial charge in [0, 0.05) is 25.2 Å². The second-order valence-corrected chi connectivity index (χ2v) is 7.56. The summed E-state index contributed by atoms with van der Waals surface area (Å²) in [6.07, 6.45) is 0.816. The lowest BCUT2D eigenvalue weighted by Crippen LogP contribution is -2.27. The minimum absolute atomic E-state index is 0.0212. The fourth-order valence-electron chi connectivity index (χ4n) is 2.21. The molecule has 0 aliphatic heterocycles. The van der Waals surface area contributed by atoms with Crippen LogP contribution in [-0.4, -0.2) is 27.4 Å². The standard InChI is InChI=1S/C17H19ClFN3O3S/c18-15-11-13(3-6-16(15)19)21-10-8-17(23)22-9-7-12-1-4-14(5-2-12)26(20,24)25/h1-6,11,21H,7-10H2,(H,22,23)(H2,20,24,25). The lowest BCUT2D eigenvalue weighted by molar-refractivity contribution is -0.120. The number of hydrogen-bond donors (Lipinski definition) is 3. The molecule has 0 aromatic heterocycles. The van der Waals surface area contributed by atoms with Crippen molar-refractivity contribution >= 4 is 33.2 Å². The maximum Gasteiger partial charge on any atom is 0.238 e. The molecule has 0 bridgehead atoms. The zero-order chi connectivity index (χ0) is 19.2. The van der Waals surface area contributed by atoms with E-state index >= 15 is 0 Å². The third kappa shape index (κ3) is 6.29. The number of nitrogens with two attached hydrogens (primary N) is 1. The van der Waals surface area contributed by atoms with E-state index in [9.17, 15) is 17.6 Å². The van der Waals surface area contributed by atoms with Gasteiger partial charge in [0.25, 0.3) is 0 Å². The van der Waals surface area contributed by atoms with Crippen LogP contribution in [0.15, 0.2) is 47.4 Å². The van der Waals surface area contributed by atoms with E-state index < -0.39 is 15.8 Å². The second-order valence-electron chi connectivity index (χ2n) is 5.59. The number of amides is 1. The Morgan fingerprint density at radius 3 is 2.42 bits per heavy atom. The summed E-state index contributed by atoms with van der Waals surface area (Å²) in [7, 11) is -3.70. The van der Waals surface area contributed by atoms with E-state index in [0.717, 1.165) is 5.56 Å². The smallest absolute Gasteiger partial charge is 0.238 e. The van der Waals surface area contributed by atoms with E-state index in [1.807, 2.05) is 0 Å².